The molecule has 0 bridgehead atoms. The van der Waals surface area contributed by atoms with Crippen LogP contribution in [0.2, 0.25) is 4.34 Å². The van der Waals surface area contributed by atoms with E-state index >= 15 is 0 Å². The van der Waals surface area contributed by atoms with Crippen LogP contribution in [0.1, 0.15) is 35.4 Å². The SMILES string of the molecule is CC(NCc1cccc(C(F)F)c1)c1ccc(Cl)s1. The largest absolute Gasteiger partial charge is 0.305 e. The molecule has 0 spiro atoms. The normalized spacial score (nSPS) is 12.9. The second-order valence-corrected chi connectivity index (χ2v) is 6.04. The topological polar surface area (TPSA) is 12.0 Å². The monoisotopic (exact) mass is 301 g/mol. The molecule has 0 amide bonds. The fraction of sp³-hybridized carbons (Fsp3) is 0.286. The van der Waals surface area contributed by atoms with Crippen molar-refractivity contribution < 1.29 is 8.78 Å². The average molecular weight is 302 g/mol. The van der Waals surface area contributed by atoms with Crippen molar-refractivity contribution in [3.63, 3.8) is 0 Å². The molecule has 5 heteroatoms. The lowest BCUT2D eigenvalue weighted by Crippen LogP contribution is -2.17. The summed E-state index contributed by atoms with van der Waals surface area (Å²) in [6.07, 6.45) is -2.42. The van der Waals surface area contributed by atoms with E-state index in [2.05, 4.69) is 5.32 Å². The molecule has 19 heavy (non-hydrogen) atoms. The molecule has 1 nitrogen and oxygen atoms in total. The number of thiophene rings is 1. The number of alkyl halides is 2. The second kappa shape index (κ2) is 6.46. The smallest absolute Gasteiger partial charge is 0.263 e. The van der Waals surface area contributed by atoms with E-state index in [0.29, 0.717) is 6.54 Å². The molecule has 2 rings (SSSR count). The summed E-state index contributed by atoms with van der Waals surface area (Å²) in [5.74, 6) is 0. The Balaban J connectivity index is 1.96. The summed E-state index contributed by atoms with van der Waals surface area (Å²) in [6.45, 7) is 2.58. The third kappa shape index (κ3) is 4.00. The van der Waals surface area contributed by atoms with Crippen molar-refractivity contribution in [1.82, 2.24) is 5.32 Å². The Morgan fingerprint density at radius 1 is 1.26 bits per heavy atom. The molecule has 0 saturated carbocycles. The van der Waals surface area contributed by atoms with Crippen molar-refractivity contribution in [3.05, 3.63) is 56.7 Å². The van der Waals surface area contributed by atoms with E-state index in [1.165, 1.54) is 23.5 Å². The molecular weight excluding hydrogens is 288 g/mol. The third-order valence-corrected chi connectivity index (χ3v) is 4.25. The van der Waals surface area contributed by atoms with Gasteiger partial charge in [0.1, 0.15) is 0 Å². The van der Waals surface area contributed by atoms with Crippen LogP contribution in [-0.4, -0.2) is 0 Å². The van der Waals surface area contributed by atoms with Gasteiger partial charge in [0, 0.05) is 23.0 Å². The van der Waals surface area contributed by atoms with Crippen LogP contribution in [0.4, 0.5) is 8.78 Å². The van der Waals surface area contributed by atoms with Crippen molar-refractivity contribution in [3.8, 4) is 0 Å². The van der Waals surface area contributed by atoms with Crippen LogP contribution >= 0.6 is 22.9 Å². The molecule has 1 aromatic heterocycles. The molecule has 0 aliphatic rings. The average Bonchev–Trinajstić information content (AvgIpc) is 2.83. The summed E-state index contributed by atoms with van der Waals surface area (Å²) < 4.78 is 25.9. The predicted molar refractivity (Wildman–Crippen MR) is 76.0 cm³/mol. The molecular formula is C14H14ClF2NS. The third-order valence-electron chi connectivity index (χ3n) is 2.84. The zero-order valence-electron chi connectivity index (χ0n) is 10.4. The number of halogens is 3. The number of hydrogen-bond donors (Lipinski definition) is 1. The Kier molecular flexibility index (Phi) is 4.91. The van der Waals surface area contributed by atoms with Gasteiger partial charge in [-0.2, -0.15) is 0 Å². The number of benzene rings is 1. The number of nitrogens with one attached hydrogen (secondary N) is 1. The van der Waals surface area contributed by atoms with Crippen LogP contribution in [0.3, 0.4) is 0 Å². The van der Waals surface area contributed by atoms with E-state index in [1.54, 1.807) is 6.07 Å². The molecule has 102 valence electrons. The van der Waals surface area contributed by atoms with Gasteiger partial charge >= 0.3 is 0 Å². The van der Waals surface area contributed by atoms with Crippen LogP contribution < -0.4 is 5.32 Å². The van der Waals surface area contributed by atoms with E-state index < -0.39 is 6.43 Å². The fourth-order valence-electron chi connectivity index (χ4n) is 1.77. The summed E-state index contributed by atoms with van der Waals surface area (Å²) in [7, 11) is 0. The molecule has 0 saturated heterocycles. The number of hydrogen-bond acceptors (Lipinski definition) is 2. The molecule has 0 fully saturated rings. The van der Waals surface area contributed by atoms with Crippen molar-refractivity contribution in [1.29, 1.82) is 0 Å². The fourth-order valence-corrected chi connectivity index (χ4v) is 2.86. The Hall–Kier alpha value is -0.970. The van der Waals surface area contributed by atoms with Crippen molar-refractivity contribution >= 4 is 22.9 Å². The highest BCUT2D eigenvalue weighted by Crippen LogP contribution is 2.27. The maximum atomic E-state index is 12.6. The van der Waals surface area contributed by atoms with Gasteiger partial charge in [-0.25, -0.2) is 8.78 Å². The van der Waals surface area contributed by atoms with Gasteiger partial charge in [-0.05, 0) is 30.7 Å². The Labute approximate surface area is 120 Å². The van der Waals surface area contributed by atoms with E-state index in [4.69, 9.17) is 11.6 Å². The molecule has 1 aromatic carbocycles. The highest BCUT2D eigenvalue weighted by molar-refractivity contribution is 7.16. The summed E-state index contributed by atoms with van der Waals surface area (Å²) in [4.78, 5) is 1.13. The number of rotatable bonds is 5. The van der Waals surface area contributed by atoms with Gasteiger partial charge in [0.05, 0.1) is 4.34 Å². The standard InChI is InChI=1S/C14H14ClF2NS/c1-9(12-5-6-13(15)19-12)18-8-10-3-2-4-11(7-10)14(16)17/h2-7,9,14,18H,8H2,1H3. The van der Waals surface area contributed by atoms with E-state index in [1.807, 2.05) is 25.1 Å². The molecule has 1 unspecified atom stereocenters. The predicted octanol–water partition coefficient (Wildman–Crippen LogP) is 5.19. The van der Waals surface area contributed by atoms with E-state index in [9.17, 15) is 8.78 Å². The molecule has 2 aromatic rings. The lowest BCUT2D eigenvalue weighted by atomic mass is 10.1. The van der Waals surface area contributed by atoms with Crippen LogP contribution in [0.5, 0.6) is 0 Å². The minimum Gasteiger partial charge on any atom is -0.305 e. The van der Waals surface area contributed by atoms with E-state index in [-0.39, 0.29) is 11.6 Å². The van der Waals surface area contributed by atoms with Crippen LogP contribution in [0, 0.1) is 0 Å². The lowest BCUT2D eigenvalue weighted by molar-refractivity contribution is 0.151. The molecule has 1 atom stereocenters. The highest BCUT2D eigenvalue weighted by Gasteiger charge is 2.09. The van der Waals surface area contributed by atoms with Gasteiger partial charge < -0.3 is 5.32 Å². The summed E-state index contributed by atoms with van der Waals surface area (Å²) in [5, 5.41) is 3.30. The van der Waals surface area contributed by atoms with Gasteiger partial charge in [-0.15, -0.1) is 11.3 Å². The zero-order chi connectivity index (χ0) is 13.8. The highest BCUT2D eigenvalue weighted by atomic mass is 35.5. The first kappa shape index (κ1) is 14.4. The van der Waals surface area contributed by atoms with Crippen molar-refractivity contribution in [2.75, 3.05) is 0 Å². The maximum absolute atomic E-state index is 12.6. The first-order chi connectivity index (χ1) is 9.06. The summed E-state index contributed by atoms with van der Waals surface area (Å²) in [6, 6.07) is 10.4. The molecule has 0 aliphatic carbocycles. The Bertz CT molecular complexity index is 542. The van der Waals surface area contributed by atoms with Gasteiger partial charge in [0.15, 0.2) is 0 Å². The van der Waals surface area contributed by atoms with Crippen molar-refractivity contribution in [2.45, 2.75) is 25.9 Å². The van der Waals surface area contributed by atoms with Crippen LogP contribution in [0.15, 0.2) is 36.4 Å². The zero-order valence-corrected chi connectivity index (χ0v) is 11.9. The molecule has 1 heterocycles. The first-order valence-corrected chi connectivity index (χ1v) is 7.11. The van der Waals surface area contributed by atoms with Crippen molar-refractivity contribution in [2.24, 2.45) is 0 Å². The maximum Gasteiger partial charge on any atom is 0.263 e. The van der Waals surface area contributed by atoms with Gasteiger partial charge in [0.2, 0.25) is 0 Å². The summed E-state index contributed by atoms with van der Waals surface area (Å²) in [5.41, 5.74) is 0.915. The second-order valence-electron chi connectivity index (χ2n) is 4.29. The van der Waals surface area contributed by atoms with Gasteiger partial charge in [-0.3, -0.25) is 0 Å². The van der Waals surface area contributed by atoms with Crippen LogP contribution in [-0.2, 0) is 6.54 Å². The summed E-state index contributed by atoms with van der Waals surface area (Å²) >= 11 is 7.41. The lowest BCUT2D eigenvalue weighted by Gasteiger charge is -2.12. The molecule has 0 aliphatic heterocycles. The molecule has 0 radical (unpaired) electrons. The van der Waals surface area contributed by atoms with Crippen LogP contribution in [0.25, 0.3) is 0 Å². The first-order valence-electron chi connectivity index (χ1n) is 5.92. The van der Waals surface area contributed by atoms with Gasteiger partial charge in [0.25, 0.3) is 6.43 Å². The molecule has 1 N–H and O–H groups in total. The minimum atomic E-state index is -2.42. The van der Waals surface area contributed by atoms with E-state index in [0.717, 1.165) is 14.8 Å². The Morgan fingerprint density at radius 3 is 2.68 bits per heavy atom. The Morgan fingerprint density at radius 2 is 2.05 bits per heavy atom. The van der Waals surface area contributed by atoms with Gasteiger partial charge in [-0.1, -0.05) is 29.8 Å². The minimum absolute atomic E-state index is 0.0612. The quantitative estimate of drug-likeness (QED) is 0.801.